The van der Waals surface area contributed by atoms with Crippen molar-refractivity contribution in [3.63, 3.8) is 0 Å². The van der Waals surface area contributed by atoms with Crippen LogP contribution in [0.1, 0.15) is 31.1 Å². The third-order valence-corrected chi connectivity index (χ3v) is 4.43. The SMILES string of the molecule is CC(C)C1(C)COc2cc(OC(F)F)c(Br)cc2C1=O. The molecule has 0 aliphatic carbocycles. The first-order chi connectivity index (χ1) is 9.25. The molecule has 0 saturated carbocycles. The summed E-state index contributed by atoms with van der Waals surface area (Å²) in [7, 11) is 0. The van der Waals surface area contributed by atoms with Crippen molar-refractivity contribution in [3.8, 4) is 11.5 Å². The van der Waals surface area contributed by atoms with Gasteiger partial charge in [-0.05, 0) is 34.8 Å². The second-order valence-corrected chi connectivity index (χ2v) is 6.20. The first-order valence-corrected chi connectivity index (χ1v) is 7.01. The van der Waals surface area contributed by atoms with E-state index in [9.17, 15) is 13.6 Å². The number of Topliss-reactive ketones (excluding diaryl/α,β-unsaturated/α-hetero) is 1. The van der Waals surface area contributed by atoms with Crippen molar-refractivity contribution in [2.45, 2.75) is 27.4 Å². The van der Waals surface area contributed by atoms with E-state index in [4.69, 9.17) is 4.74 Å². The minimum absolute atomic E-state index is 0.0419. The lowest BCUT2D eigenvalue weighted by atomic mass is 9.72. The topological polar surface area (TPSA) is 35.5 Å². The van der Waals surface area contributed by atoms with Gasteiger partial charge in [0.2, 0.25) is 0 Å². The van der Waals surface area contributed by atoms with Gasteiger partial charge in [0.25, 0.3) is 0 Å². The molecule has 0 amide bonds. The van der Waals surface area contributed by atoms with Gasteiger partial charge in [0.05, 0.1) is 15.5 Å². The molecule has 1 aliphatic heterocycles. The fourth-order valence-electron chi connectivity index (χ4n) is 2.05. The van der Waals surface area contributed by atoms with Crippen LogP contribution in [0.5, 0.6) is 11.5 Å². The summed E-state index contributed by atoms with van der Waals surface area (Å²) < 4.78 is 34.8. The van der Waals surface area contributed by atoms with Gasteiger partial charge in [-0.15, -0.1) is 0 Å². The minimum Gasteiger partial charge on any atom is -0.492 e. The van der Waals surface area contributed by atoms with Gasteiger partial charge in [-0.25, -0.2) is 0 Å². The highest BCUT2D eigenvalue weighted by atomic mass is 79.9. The van der Waals surface area contributed by atoms with E-state index in [1.165, 1.54) is 12.1 Å². The average Bonchev–Trinajstić information content (AvgIpc) is 2.35. The van der Waals surface area contributed by atoms with Crippen LogP contribution >= 0.6 is 15.9 Å². The normalized spacial score (nSPS) is 21.9. The van der Waals surface area contributed by atoms with Crippen LogP contribution < -0.4 is 9.47 Å². The van der Waals surface area contributed by atoms with E-state index in [-0.39, 0.29) is 29.8 Å². The Bertz CT molecular complexity index is 545. The van der Waals surface area contributed by atoms with E-state index in [1.807, 2.05) is 20.8 Å². The van der Waals surface area contributed by atoms with E-state index in [0.717, 1.165) is 0 Å². The zero-order chi connectivity index (χ0) is 15.1. The molecule has 110 valence electrons. The van der Waals surface area contributed by atoms with Crippen molar-refractivity contribution < 1.29 is 23.0 Å². The summed E-state index contributed by atoms with van der Waals surface area (Å²) in [6.45, 7) is 3.06. The molecule has 1 aliphatic rings. The maximum Gasteiger partial charge on any atom is 0.387 e. The van der Waals surface area contributed by atoms with Crippen LogP contribution in [-0.2, 0) is 0 Å². The Morgan fingerprint density at radius 2 is 2.05 bits per heavy atom. The highest BCUT2D eigenvalue weighted by Crippen LogP contribution is 2.43. The Balaban J connectivity index is 2.43. The maximum atomic E-state index is 12.6. The molecule has 3 nitrogen and oxygen atoms in total. The lowest BCUT2D eigenvalue weighted by Gasteiger charge is -2.36. The molecule has 0 radical (unpaired) electrons. The third-order valence-electron chi connectivity index (χ3n) is 3.82. The van der Waals surface area contributed by atoms with Crippen LogP contribution in [0.4, 0.5) is 8.78 Å². The molecule has 0 bridgehead atoms. The third kappa shape index (κ3) is 2.53. The van der Waals surface area contributed by atoms with E-state index in [0.29, 0.717) is 10.0 Å². The molecule has 0 N–H and O–H groups in total. The fourth-order valence-corrected chi connectivity index (χ4v) is 2.48. The molecule has 0 aromatic heterocycles. The molecule has 1 heterocycles. The molecule has 1 atom stereocenters. The lowest BCUT2D eigenvalue weighted by Crippen LogP contribution is -2.42. The number of halogens is 3. The van der Waals surface area contributed by atoms with Gasteiger partial charge in [0, 0.05) is 6.07 Å². The summed E-state index contributed by atoms with van der Waals surface area (Å²) in [5.74, 6) is 0.309. The Kier molecular flexibility index (Phi) is 4.04. The van der Waals surface area contributed by atoms with Gasteiger partial charge < -0.3 is 9.47 Å². The molecular weight excluding hydrogens is 334 g/mol. The summed E-state index contributed by atoms with van der Waals surface area (Å²) in [5, 5.41) is 0. The van der Waals surface area contributed by atoms with Crippen molar-refractivity contribution in [1.82, 2.24) is 0 Å². The quantitative estimate of drug-likeness (QED) is 0.817. The summed E-state index contributed by atoms with van der Waals surface area (Å²) in [4.78, 5) is 12.6. The highest BCUT2D eigenvalue weighted by molar-refractivity contribution is 9.10. The fraction of sp³-hybridized carbons (Fsp3) is 0.500. The minimum atomic E-state index is -2.93. The number of ether oxygens (including phenoxy) is 2. The van der Waals surface area contributed by atoms with Crippen LogP contribution in [0.2, 0.25) is 0 Å². The molecule has 1 aromatic carbocycles. The van der Waals surface area contributed by atoms with Crippen LogP contribution in [0.3, 0.4) is 0 Å². The number of rotatable bonds is 3. The largest absolute Gasteiger partial charge is 0.492 e. The monoisotopic (exact) mass is 348 g/mol. The molecule has 2 rings (SSSR count). The molecule has 1 aromatic rings. The first-order valence-electron chi connectivity index (χ1n) is 6.21. The smallest absolute Gasteiger partial charge is 0.387 e. The van der Waals surface area contributed by atoms with Crippen LogP contribution in [-0.4, -0.2) is 19.0 Å². The number of hydrogen-bond donors (Lipinski definition) is 0. The Morgan fingerprint density at radius 1 is 1.40 bits per heavy atom. The van der Waals surface area contributed by atoms with Gasteiger partial charge in [-0.2, -0.15) is 8.78 Å². The summed E-state index contributed by atoms with van der Waals surface area (Å²) >= 11 is 3.14. The zero-order valence-corrected chi connectivity index (χ0v) is 13.0. The molecule has 0 spiro atoms. The van der Waals surface area contributed by atoms with Crippen molar-refractivity contribution in [1.29, 1.82) is 0 Å². The van der Waals surface area contributed by atoms with Crippen LogP contribution in [0.25, 0.3) is 0 Å². The molecule has 20 heavy (non-hydrogen) atoms. The molecule has 1 unspecified atom stereocenters. The zero-order valence-electron chi connectivity index (χ0n) is 11.4. The molecule has 0 saturated heterocycles. The van der Waals surface area contributed by atoms with Gasteiger partial charge >= 0.3 is 6.61 Å². The number of benzene rings is 1. The maximum absolute atomic E-state index is 12.6. The highest BCUT2D eigenvalue weighted by Gasteiger charge is 2.43. The predicted octanol–water partition coefficient (Wildman–Crippen LogP) is 4.29. The van der Waals surface area contributed by atoms with Gasteiger partial charge in [-0.1, -0.05) is 13.8 Å². The van der Waals surface area contributed by atoms with Gasteiger partial charge in [-0.3, -0.25) is 4.79 Å². The first kappa shape index (κ1) is 15.2. The van der Waals surface area contributed by atoms with Gasteiger partial charge in [0.15, 0.2) is 5.78 Å². The van der Waals surface area contributed by atoms with E-state index < -0.39 is 12.0 Å². The number of carbonyl (C=O) groups excluding carboxylic acids is 1. The number of alkyl halides is 2. The van der Waals surface area contributed by atoms with E-state index in [1.54, 1.807) is 0 Å². The Labute approximate surface area is 124 Å². The van der Waals surface area contributed by atoms with Crippen LogP contribution in [0.15, 0.2) is 16.6 Å². The number of ketones is 1. The number of fused-ring (bicyclic) bond motifs is 1. The second kappa shape index (κ2) is 5.31. The Hall–Kier alpha value is -1.17. The Morgan fingerprint density at radius 3 is 2.60 bits per heavy atom. The van der Waals surface area contributed by atoms with Gasteiger partial charge in [0.1, 0.15) is 18.1 Å². The summed E-state index contributed by atoms with van der Waals surface area (Å²) in [5.41, 5.74) is -0.224. The van der Waals surface area contributed by atoms with Crippen molar-refractivity contribution >= 4 is 21.7 Å². The van der Waals surface area contributed by atoms with E-state index in [2.05, 4.69) is 20.7 Å². The molecule has 6 heteroatoms. The molecular formula is C14H15BrF2O3. The second-order valence-electron chi connectivity index (χ2n) is 5.35. The average molecular weight is 349 g/mol. The standard InChI is InChI=1S/C14H15BrF2O3/c1-7(2)14(3)6-19-10-5-11(20-13(16)17)9(15)4-8(10)12(14)18/h4-5,7,13H,6H2,1-3H3. The molecule has 0 fully saturated rings. The van der Waals surface area contributed by atoms with E-state index >= 15 is 0 Å². The van der Waals surface area contributed by atoms with Crippen molar-refractivity contribution in [2.24, 2.45) is 11.3 Å². The summed E-state index contributed by atoms with van der Waals surface area (Å²) in [6.07, 6.45) is 0. The number of hydrogen-bond acceptors (Lipinski definition) is 3. The predicted molar refractivity (Wildman–Crippen MR) is 73.5 cm³/mol. The van der Waals surface area contributed by atoms with Crippen molar-refractivity contribution in [3.05, 3.63) is 22.2 Å². The van der Waals surface area contributed by atoms with Crippen molar-refractivity contribution in [2.75, 3.05) is 6.61 Å². The van der Waals surface area contributed by atoms with Crippen LogP contribution in [0, 0.1) is 11.3 Å². The summed E-state index contributed by atoms with van der Waals surface area (Å²) in [6, 6.07) is 2.80. The number of carbonyl (C=O) groups is 1. The lowest BCUT2D eigenvalue weighted by molar-refractivity contribution is -0.0505.